The van der Waals surface area contributed by atoms with E-state index >= 15 is 0 Å². The van der Waals surface area contributed by atoms with Crippen LogP contribution < -0.4 is 11.1 Å². The molecular weight excluding hydrogens is 244 g/mol. The average Bonchev–Trinajstić information content (AvgIpc) is 2.74. The lowest BCUT2D eigenvalue weighted by Gasteiger charge is -2.29. The fourth-order valence-electron chi connectivity index (χ4n) is 2.31. The van der Waals surface area contributed by atoms with Gasteiger partial charge >= 0.3 is 0 Å². The number of hydrogen-bond donors (Lipinski definition) is 2. The Balaban J connectivity index is 2.37. The van der Waals surface area contributed by atoms with Crippen molar-refractivity contribution in [2.24, 2.45) is 11.1 Å². The molecule has 0 bridgehead atoms. The Hall–Kier alpha value is -0.220. The van der Waals surface area contributed by atoms with Crippen molar-refractivity contribution < 1.29 is 4.79 Å². The Bertz CT molecular complexity index is 280. The Morgan fingerprint density at radius 2 is 1.94 bits per heavy atom. The highest BCUT2D eigenvalue weighted by molar-refractivity contribution is 8.00. The van der Waals surface area contributed by atoms with Crippen molar-refractivity contribution in [2.45, 2.75) is 63.7 Å². The van der Waals surface area contributed by atoms with Crippen LogP contribution >= 0.6 is 11.8 Å². The second kappa shape index (κ2) is 6.29. The molecule has 3 N–H and O–H groups in total. The van der Waals surface area contributed by atoms with Crippen LogP contribution in [0.1, 0.15) is 52.9 Å². The molecule has 0 spiro atoms. The van der Waals surface area contributed by atoms with E-state index in [1.165, 1.54) is 25.7 Å². The highest BCUT2D eigenvalue weighted by Crippen LogP contribution is 2.39. The zero-order chi connectivity index (χ0) is 13.8. The van der Waals surface area contributed by atoms with Gasteiger partial charge in [-0.2, -0.15) is 11.8 Å². The predicted molar refractivity (Wildman–Crippen MR) is 79.8 cm³/mol. The summed E-state index contributed by atoms with van der Waals surface area (Å²) in [6, 6.07) is -0.0775. The minimum atomic E-state index is -0.0775. The van der Waals surface area contributed by atoms with Crippen molar-refractivity contribution in [1.82, 2.24) is 5.32 Å². The van der Waals surface area contributed by atoms with E-state index in [0.29, 0.717) is 6.42 Å². The van der Waals surface area contributed by atoms with Crippen LogP contribution in [0.2, 0.25) is 0 Å². The number of nitrogens with two attached hydrogens (primary N) is 1. The van der Waals surface area contributed by atoms with Gasteiger partial charge in [0.1, 0.15) is 0 Å². The van der Waals surface area contributed by atoms with Gasteiger partial charge in [-0.15, -0.1) is 0 Å². The Morgan fingerprint density at radius 3 is 2.39 bits per heavy atom. The number of nitrogens with one attached hydrogen (secondary N) is 1. The first kappa shape index (κ1) is 15.8. The lowest BCUT2D eigenvalue weighted by molar-refractivity contribution is -0.122. The topological polar surface area (TPSA) is 55.1 Å². The zero-order valence-electron chi connectivity index (χ0n) is 12.2. The summed E-state index contributed by atoms with van der Waals surface area (Å²) in [5.41, 5.74) is 6.02. The number of rotatable bonds is 5. The molecule has 1 fully saturated rings. The molecule has 3 nitrogen and oxygen atoms in total. The normalized spacial score (nSPS) is 20.7. The third-order valence-corrected chi connectivity index (χ3v) is 5.49. The maximum atomic E-state index is 11.9. The van der Waals surface area contributed by atoms with Crippen molar-refractivity contribution in [3.8, 4) is 0 Å². The fraction of sp³-hybridized carbons (Fsp3) is 0.929. The average molecular weight is 272 g/mol. The minimum Gasteiger partial charge on any atom is -0.355 e. The van der Waals surface area contributed by atoms with Crippen molar-refractivity contribution in [2.75, 3.05) is 12.8 Å². The second-order valence-corrected chi connectivity index (χ2v) is 7.82. The molecule has 0 radical (unpaired) electrons. The third-order valence-electron chi connectivity index (χ3n) is 4.07. The molecule has 1 aliphatic rings. The van der Waals surface area contributed by atoms with Crippen LogP contribution in [0.15, 0.2) is 0 Å². The molecule has 0 saturated heterocycles. The lowest BCUT2D eigenvalue weighted by Crippen LogP contribution is -2.43. The van der Waals surface area contributed by atoms with E-state index in [2.05, 4.69) is 32.3 Å². The lowest BCUT2D eigenvalue weighted by atomic mass is 9.85. The summed E-state index contributed by atoms with van der Waals surface area (Å²) in [7, 11) is 0. The standard InChI is InChI=1S/C14H28N2OS/c1-13(2,3)11(15)9-12(17)16-10-14(18-4)7-5-6-8-14/h11H,5-10,15H2,1-4H3,(H,16,17). The van der Waals surface area contributed by atoms with Crippen molar-refractivity contribution in [1.29, 1.82) is 0 Å². The molecule has 1 amide bonds. The Morgan fingerprint density at radius 1 is 1.39 bits per heavy atom. The number of amides is 1. The first-order valence-electron chi connectivity index (χ1n) is 6.86. The van der Waals surface area contributed by atoms with Gasteiger partial charge in [0.05, 0.1) is 0 Å². The molecular formula is C14H28N2OS. The molecule has 1 rings (SSSR count). The summed E-state index contributed by atoms with van der Waals surface area (Å²) in [6.45, 7) is 7.02. The van der Waals surface area contributed by atoms with E-state index in [1.54, 1.807) is 0 Å². The summed E-state index contributed by atoms with van der Waals surface area (Å²) < 4.78 is 0.279. The van der Waals surface area contributed by atoms with E-state index in [9.17, 15) is 4.79 Å². The highest BCUT2D eigenvalue weighted by atomic mass is 32.2. The summed E-state index contributed by atoms with van der Waals surface area (Å²) in [6.07, 6.45) is 7.60. The van der Waals surface area contributed by atoms with Crippen LogP contribution in [0.5, 0.6) is 0 Å². The molecule has 106 valence electrons. The van der Waals surface area contributed by atoms with E-state index in [-0.39, 0.29) is 22.1 Å². The van der Waals surface area contributed by atoms with Crippen LogP contribution in [-0.4, -0.2) is 29.5 Å². The van der Waals surface area contributed by atoms with Gasteiger partial charge in [-0.05, 0) is 24.5 Å². The van der Waals surface area contributed by atoms with Crippen molar-refractivity contribution in [3.63, 3.8) is 0 Å². The summed E-state index contributed by atoms with van der Waals surface area (Å²) in [5.74, 6) is 0.0951. The molecule has 1 aliphatic carbocycles. The Labute approximate surface area is 116 Å². The first-order valence-corrected chi connectivity index (χ1v) is 8.09. The minimum absolute atomic E-state index is 0.0120. The molecule has 1 atom stereocenters. The van der Waals surface area contributed by atoms with Gasteiger partial charge in [0.25, 0.3) is 0 Å². The van der Waals surface area contributed by atoms with E-state index in [1.807, 2.05) is 11.8 Å². The number of thioether (sulfide) groups is 1. The maximum Gasteiger partial charge on any atom is 0.221 e. The van der Waals surface area contributed by atoms with Crippen LogP contribution in [0.3, 0.4) is 0 Å². The quantitative estimate of drug-likeness (QED) is 0.808. The number of carbonyl (C=O) groups excluding carboxylic acids is 1. The maximum absolute atomic E-state index is 11.9. The van der Waals surface area contributed by atoms with Crippen LogP contribution in [0.4, 0.5) is 0 Å². The molecule has 0 aromatic rings. The Kier molecular flexibility index (Phi) is 5.53. The monoisotopic (exact) mass is 272 g/mol. The summed E-state index contributed by atoms with van der Waals surface area (Å²) >= 11 is 1.90. The van der Waals surface area contributed by atoms with Crippen molar-refractivity contribution in [3.05, 3.63) is 0 Å². The number of carbonyl (C=O) groups is 1. The van der Waals surface area contributed by atoms with Gasteiger partial charge in [0.2, 0.25) is 5.91 Å². The third kappa shape index (κ3) is 4.47. The molecule has 0 aromatic carbocycles. The van der Waals surface area contributed by atoms with Crippen molar-refractivity contribution >= 4 is 17.7 Å². The zero-order valence-corrected chi connectivity index (χ0v) is 13.0. The summed E-state index contributed by atoms with van der Waals surface area (Å²) in [5, 5.41) is 3.08. The van der Waals surface area contributed by atoms with E-state index in [0.717, 1.165) is 6.54 Å². The molecule has 1 unspecified atom stereocenters. The van der Waals surface area contributed by atoms with Crippen LogP contribution in [-0.2, 0) is 4.79 Å². The number of hydrogen-bond acceptors (Lipinski definition) is 3. The van der Waals surface area contributed by atoms with Crippen LogP contribution in [0.25, 0.3) is 0 Å². The molecule has 0 heterocycles. The van der Waals surface area contributed by atoms with E-state index in [4.69, 9.17) is 5.73 Å². The molecule has 4 heteroatoms. The second-order valence-electron chi connectivity index (χ2n) is 6.55. The smallest absolute Gasteiger partial charge is 0.221 e. The van der Waals surface area contributed by atoms with Gasteiger partial charge in [-0.1, -0.05) is 33.6 Å². The molecule has 18 heavy (non-hydrogen) atoms. The van der Waals surface area contributed by atoms with Gasteiger partial charge in [-0.3, -0.25) is 4.79 Å². The predicted octanol–water partition coefficient (Wildman–Crippen LogP) is 2.54. The SMILES string of the molecule is CSC1(CNC(=O)CC(N)C(C)(C)C)CCCC1. The molecule has 1 saturated carbocycles. The first-order chi connectivity index (χ1) is 8.29. The highest BCUT2D eigenvalue weighted by Gasteiger charge is 2.33. The van der Waals surface area contributed by atoms with Gasteiger partial charge in [0, 0.05) is 23.8 Å². The van der Waals surface area contributed by atoms with Gasteiger partial charge < -0.3 is 11.1 Å². The molecule has 0 aliphatic heterocycles. The summed E-state index contributed by atoms with van der Waals surface area (Å²) in [4.78, 5) is 11.9. The van der Waals surface area contributed by atoms with E-state index < -0.39 is 0 Å². The van der Waals surface area contributed by atoms with Gasteiger partial charge in [0.15, 0.2) is 0 Å². The van der Waals surface area contributed by atoms with Crippen LogP contribution in [0, 0.1) is 5.41 Å². The fourth-order valence-corrected chi connectivity index (χ4v) is 3.22. The van der Waals surface area contributed by atoms with Gasteiger partial charge in [-0.25, -0.2) is 0 Å². The molecule has 0 aromatic heterocycles. The largest absolute Gasteiger partial charge is 0.355 e.